The third kappa shape index (κ3) is 5.05. The van der Waals surface area contributed by atoms with Crippen LogP contribution in [-0.4, -0.2) is 24.7 Å². The summed E-state index contributed by atoms with van der Waals surface area (Å²) >= 11 is 0. The maximum absolute atomic E-state index is 11.7. The molecule has 4 nitrogen and oxygen atoms in total. The standard InChI is InChI=1S/C16H23NO3/c1-4-12(5-2)10-16(19)17-11-15(18)13-6-8-14(20-3)9-7-13/h6-10,15,18H,4-5,11H2,1-3H3,(H,17,19). The van der Waals surface area contributed by atoms with Gasteiger partial charge in [-0.05, 0) is 30.5 Å². The molecule has 0 bridgehead atoms. The number of amides is 1. The zero-order chi connectivity index (χ0) is 15.0. The van der Waals surface area contributed by atoms with E-state index in [2.05, 4.69) is 5.32 Å². The molecule has 20 heavy (non-hydrogen) atoms. The lowest BCUT2D eigenvalue weighted by Crippen LogP contribution is -2.27. The van der Waals surface area contributed by atoms with E-state index < -0.39 is 6.10 Å². The van der Waals surface area contributed by atoms with Gasteiger partial charge in [-0.3, -0.25) is 4.79 Å². The van der Waals surface area contributed by atoms with Gasteiger partial charge < -0.3 is 15.2 Å². The van der Waals surface area contributed by atoms with Crippen molar-refractivity contribution >= 4 is 5.91 Å². The first-order chi connectivity index (χ1) is 9.60. The van der Waals surface area contributed by atoms with Crippen LogP contribution >= 0.6 is 0 Å². The normalized spacial score (nSPS) is 11.6. The van der Waals surface area contributed by atoms with Crippen LogP contribution < -0.4 is 10.1 Å². The highest BCUT2D eigenvalue weighted by atomic mass is 16.5. The molecule has 4 heteroatoms. The van der Waals surface area contributed by atoms with E-state index in [1.165, 1.54) is 0 Å². The third-order valence-electron chi connectivity index (χ3n) is 3.21. The number of nitrogens with one attached hydrogen (secondary N) is 1. The second-order valence-corrected chi connectivity index (χ2v) is 4.54. The Labute approximate surface area is 120 Å². The van der Waals surface area contributed by atoms with Crippen molar-refractivity contribution in [2.24, 2.45) is 0 Å². The van der Waals surface area contributed by atoms with Crippen molar-refractivity contribution < 1.29 is 14.6 Å². The smallest absolute Gasteiger partial charge is 0.244 e. The summed E-state index contributed by atoms with van der Waals surface area (Å²) in [4.78, 5) is 11.7. The number of carbonyl (C=O) groups is 1. The van der Waals surface area contributed by atoms with Gasteiger partial charge in [-0.25, -0.2) is 0 Å². The van der Waals surface area contributed by atoms with Gasteiger partial charge in [0.1, 0.15) is 5.75 Å². The number of rotatable bonds is 7. The van der Waals surface area contributed by atoms with Crippen molar-refractivity contribution in [3.8, 4) is 5.75 Å². The van der Waals surface area contributed by atoms with Crippen LogP contribution in [0.3, 0.4) is 0 Å². The van der Waals surface area contributed by atoms with E-state index in [9.17, 15) is 9.90 Å². The molecule has 0 saturated heterocycles. The highest BCUT2D eigenvalue weighted by Crippen LogP contribution is 2.17. The molecule has 0 saturated carbocycles. The zero-order valence-electron chi connectivity index (χ0n) is 12.3. The molecule has 2 N–H and O–H groups in total. The predicted molar refractivity (Wildman–Crippen MR) is 79.6 cm³/mol. The summed E-state index contributed by atoms with van der Waals surface area (Å²) in [6, 6.07) is 7.14. The number of methoxy groups -OCH3 is 1. The molecule has 0 spiro atoms. The minimum Gasteiger partial charge on any atom is -0.497 e. The quantitative estimate of drug-likeness (QED) is 0.753. The fourth-order valence-electron chi connectivity index (χ4n) is 1.83. The molecular formula is C16H23NO3. The summed E-state index contributed by atoms with van der Waals surface area (Å²) in [5, 5.41) is 12.7. The van der Waals surface area contributed by atoms with E-state index in [-0.39, 0.29) is 12.5 Å². The van der Waals surface area contributed by atoms with Crippen LogP contribution in [0.4, 0.5) is 0 Å². The van der Waals surface area contributed by atoms with Crippen LogP contribution in [0.25, 0.3) is 0 Å². The van der Waals surface area contributed by atoms with Gasteiger partial charge in [0.2, 0.25) is 5.91 Å². The summed E-state index contributed by atoms with van der Waals surface area (Å²) in [5.74, 6) is 0.583. The molecule has 1 amide bonds. The van der Waals surface area contributed by atoms with Crippen LogP contribution in [0.2, 0.25) is 0 Å². The number of ether oxygens (including phenoxy) is 1. The SMILES string of the molecule is CCC(=CC(=O)NCC(O)c1ccc(OC)cc1)CC. The first-order valence-corrected chi connectivity index (χ1v) is 6.90. The topological polar surface area (TPSA) is 58.6 Å². The molecule has 1 unspecified atom stereocenters. The van der Waals surface area contributed by atoms with Crippen molar-refractivity contribution in [1.82, 2.24) is 5.32 Å². The Morgan fingerprint density at radius 3 is 2.40 bits per heavy atom. The first-order valence-electron chi connectivity index (χ1n) is 6.90. The molecule has 0 aliphatic heterocycles. The first kappa shape index (κ1) is 16.2. The molecule has 1 atom stereocenters. The minimum atomic E-state index is -0.718. The Kier molecular flexibility index (Phi) is 6.81. The second kappa shape index (κ2) is 8.38. The minimum absolute atomic E-state index is 0.156. The Balaban J connectivity index is 2.51. The van der Waals surface area contributed by atoms with Gasteiger partial charge in [0.15, 0.2) is 0 Å². The largest absolute Gasteiger partial charge is 0.497 e. The van der Waals surface area contributed by atoms with Crippen LogP contribution in [0.15, 0.2) is 35.9 Å². The van der Waals surface area contributed by atoms with Crippen LogP contribution in [0.1, 0.15) is 38.4 Å². The fourth-order valence-corrected chi connectivity index (χ4v) is 1.83. The molecular weight excluding hydrogens is 254 g/mol. The molecule has 1 rings (SSSR count). The van der Waals surface area contributed by atoms with Gasteiger partial charge in [-0.2, -0.15) is 0 Å². The van der Waals surface area contributed by atoms with Crippen LogP contribution in [0, 0.1) is 0 Å². The van der Waals surface area contributed by atoms with Gasteiger partial charge in [0.25, 0.3) is 0 Å². The van der Waals surface area contributed by atoms with Gasteiger partial charge in [-0.1, -0.05) is 31.6 Å². The zero-order valence-corrected chi connectivity index (χ0v) is 12.3. The summed E-state index contributed by atoms with van der Waals surface area (Å²) in [6.45, 7) is 4.24. The number of allylic oxidation sites excluding steroid dienone is 1. The van der Waals surface area contributed by atoms with E-state index in [0.29, 0.717) is 0 Å². The Bertz CT molecular complexity index is 445. The van der Waals surface area contributed by atoms with E-state index in [0.717, 1.165) is 29.7 Å². The molecule has 1 aromatic rings. The molecule has 0 aliphatic carbocycles. The van der Waals surface area contributed by atoms with E-state index >= 15 is 0 Å². The Hall–Kier alpha value is -1.81. The lowest BCUT2D eigenvalue weighted by atomic mass is 10.1. The highest BCUT2D eigenvalue weighted by Gasteiger charge is 2.09. The van der Waals surface area contributed by atoms with Crippen LogP contribution in [0.5, 0.6) is 5.75 Å². The van der Waals surface area contributed by atoms with Gasteiger partial charge in [0.05, 0.1) is 13.2 Å². The van der Waals surface area contributed by atoms with Gasteiger partial charge >= 0.3 is 0 Å². The summed E-state index contributed by atoms with van der Waals surface area (Å²) in [6.07, 6.45) is 2.63. The summed E-state index contributed by atoms with van der Waals surface area (Å²) in [7, 11) is 1.59. The number of aliphatic hydroxyl groups is 1. The predicted octanol–water partition coefficient (Wildman–Crippen LogP) is 2.59. The Morgan fingerprint density at radius 2 is 1.90 bits per heavy atom. The fraction of sp³-hybridized carbons (Fsp3) is 0.438. The number of hydrogen-bond acceptors (Lipinski definition) is 3. The van der Waals surface area contributed by atoms with E-state index in [1.807, 2.05) is 13.8 Å². The van der Waals surface area contributed by atoms with Gasteiger partial charge in [-0.15, -0.1) is 0 Å². The van der Waals surface area contributed by atoms with Crippen molar-refractivity contribution in [2.45, 2.75) is 32.8 Å². The molecule has 0 aliphatic rings. The molecule has 1 aromatic carbocycles. The maximum atomic E-state index is 11.7. The molecule has 0 radical (unpaired) electrons. The number of hydrogen-bond donors (Lipinski definition) is 2. The number of benzene rings is 1. The van der Waals surface area contributed by atoms with E-state index in [4.69, 9.17) is 4.74 Å². The van der Waals surface area contributed by atoms with E-state index in [1.54, 1.807) is 37.5 Å². The average Bonchev–Trinajstić information content (AvgIpc) is 2.50. The molecule has 110 valence electrons. The van der Waals surface area contributed by atoms with Crippen molar-refractivity contribution in [3.63, 3.8) is 0 Å². The lowest BCUT2D eigenvalue weighted by Gasteiger charge is -2.12. The number of aliphatic hydroxyl groups excluding tert-OH is 1. The Morgan fingerprint density at radius 1 is 1.30 bits per heavy atom. The molecule has 0 fully saturated rings. The third-order valence-corrected chi connectivity index (χ3v) is 3.21. The molecule has 0 aromatic heterocycles. The lowest BCUT2D eigenvalue weighted by molar-refractivity contribution is -0.117. The van der Waals surface area contributed by atoms with Crippen LogP contribution in [-0.2, 0) is 4.79 Å². The highest BCUT2D eigenvalue weighted by molar-refractivity contribution is 5.88. The van der Waals surface area contributed by atoms with Gasteiger partial charge in [0, 0.05) is 12.6 Å². The number of carbonyl (C=O) groups excluding carboxylic acids is 1. The summed E-state index contributed by atoms with van der Waals surface area (Å²) in [5.41, 5.74) is 1.85. The summed E-state index contributed by atoms with van der Waals surface area (Å²) < 4.78 is 5.06. The molecule has 0 heterocycles. The maximum Gasteiger partial charge on any atom is 0.244 e. The monoisotopic (exact) mass is 277 g/mol. The van der Waals surface area contributed by atoms with Crippen molar-refractivity contribution in [2.75, 3.05) is 13.7 Å². The van der Waals surface area contributed by atoms with Crippen molar-refractivity contribution in [1.29, 1.82) is 0 Å². The average molecular weight is 277 g/mol. The van der Waals surface area contributed by atoms with Crippen molar-refractivity contribution in [3.05, 3.63) is 41.5 Å². The second-order valence-electron chi connectivity index (χ2n) is 4.54.